The van der Waals surface area contributed by atoms with Gasteiger partial charge in [-0.2, -0.15) is 5.10 Å². The van der Waals surface area contributed by atoms with Crippen molar-refractivity contribution in [2.24, 2.45) is 0 Å². The number of hydrogen-bond donors (Lipinski definition) is 0. The van der Waals surface area contributed by atoms with Gasteiger partial charge in [0.15, 0.2) is 0 Å². The molecule has 0 bridgehead atoms. The van der Waals surface area contributed by atoms with E-state index in [0.717, 1.165) is 24.4 Å². The molecule has 1 amide bonds. The van der Waals surface area contributed by atoms with Crippen LogP contribution in [0, 0.1) is 6.92 Å². The molecule has 2 aromatic rings. The summed E-state index contributed by atoms with van der Waals surface area (Å²) in [6, 6.07) is 2.02. The Balaban J connectivity index is 1.40. The van der Waals surface area contributed by atoms with Crippen LogP contribution in [0.3, 0.4) is 0 Å². The zero-order valence-corrected chi connectivity index (χ0v) is 13.1. The topological polar surface area (TPSA) is 78.1 Å². The third kappa shape index (κ3) is 2.74. The lowest BCUT2D eigenvalue weighted by Gasteiger charge is -2.41. The van der Waals surface area contributed by atoms with E-state index in [0.29, 0.717) is 26.1 Å². The molecule has 2 aliphatic rings. The monoisotopic (exact) mass is 316 g/mol. The fourth-order valence-corrected chi connectivity index (χ4v) is 3.36. The molecule has 2 aliphatic heterocycles. The molecule has 0 radical (unpaired) electrons. The Labute approximate surface area is 134 Å². The molecule has 122 valence electrons. The Morgan fingerprint density at radius 2 is 2.39 bits per heavy atom. The molecule has 8 nitrogen and oxygen atoms in total. The molecular formula is C15H20N6O2. The van der Waals surface area contributed by atoms with E-state index in [-0.39, 0.29) is 18.1 Å². The van der Waals surface area contributed by atoms with Crippen LogP contribution in [0.15, 0.2) is 18.5 Å². The summed E-state index contributed by atoms with van der Waals surface area (Å²) >= 11 is 0. The first kappa shape index (κ1) is 14.4. The van der Waals surface area contributed by atoms with E-state index in [4.69, 9.17) is 4.74 Å². The highest BCUT2D eigenvalue weighted by molar-refractivity contribution is 5.76. The zero-order valence-electron chi connectivity index (χ0n) is 13.1. The highest BCUT2D eigenvalue weighted by Gasteiger charge is 2.37. The van der Waals surface area contributed by atoms with Gasteiger partial charge in [-0.3, -0.25) is 9.48 Å². The standard InChI is InChI=1S/C15H20N6O2/c1-11-2-6-20(17-11)7-4-15(22)19-5-3-14-13(9-19)21-12(10-23-14)8-16-18-21/h2,6,8,13-14H,3-5,7,9-10H2,1H3/t13-,14+/m0/s1. The average molecular weight is 316 g/mol. The number of fused-ring (bicyclic) bond motifs is 3. The van der Waals surface area contributed by atoms with Gasteiger partial charge in [0.25, 0.3) is 0 Å². The van der Waals surface area contributed by atoms with Gasteiger partial charge in [0.2, 0.25) is 5.91 Å². The van der Waals surface area contributed by atoms with Gasteiger partial charge in [-0.1, -0.05) is 5.21 Å². The third-order valence-electron chi connectivity index (χ3n) is 4.61. The fourth-order valence-electron chi connectivity index (χ4n) is 3.36. The van der Waals surface area contributed by atoms with Crippen molar-refractivity contribution in [1.82, 2.24) is 29.7 Å². The van der Waals surface area contributed by atoms with Gasteiger partial charge in [0, 0.05) is 32.3 Å². The number of amides is 1. The number of likely N-dealkylation sites (tertiary alicyclic amines) is 1. The lowest BCUT2D eigenvalue weighted by molar-refractivity contribution is -0.138. The van der Waals surface area contributed by atoms with Crippen LogP contribution in [-0.4, -0.2) is 54.8 Å². The van der Waals surface area contributed by atoms with Crippen LogP contribution in [0.5, 0.6) is 0 Å². The van der Waals surface area contributed by atoms with E-state index < -0.39 is 0 Å². The minimum atomic E-state index is 0.0749. The largest absolute Gasteiger partial charge is 0.370 e. The summed E-state index contributed by atoms with van der Waals surface area (Å²) in [5, 5.41) is 12.4. The summed E-state index contributed by atoms with van der Waals surface area (Å²) in [7, 11) is 0. The minimum absolute atomic E-state index is 0.0749. The second kappa shape index (κ2) is 5.77. The van der Waals surface area contributed by atoms with Crippen molar-refractivity contribution in [3.05, 3.63) is 29.8 Å². The van der Waals surface area contributed by atoms with Gasteiger partial charge in [-0.15, -0.1) is 5.10 Å². The number of nitrogens with zero attached hydrogens (tertiary/aromatic N) is 6. The van der Waals surface area contributed by atoms with Gasteiger partial charge >= 0.3 is 0 Å². The van der Waals surface area contributed by atoms with E-state index >= 15 is 0 Å². The summed E-state index contributed by atoms with van der Waals surface area (Å²) in [5.74, 6) is 0.156. The molecule has 2 atom stereocenters. The summed E-state index contributed by atoms with van der Waals surface area (Å²) in [5.41, 5.74) is 1.95. The number of carbonyl (C=O) groups is 1. The van der Waals surface area contributed by atoms with Crippen LogP contribution in [0.1, 0.15) is 30.3 Å². The molecule has 1 saturated heterocycles. The summed E-state index contributed by atoms with van der Waals surface area (Å²) < 4.78 is 9.61. The zero-order chi connectivity index (χ0) is 15.8. The van der Waals surface area contributed by atoms with Crippen molar-refractivity contribution in [1.29, 1.82) is 0 Å². The first-order chi connectivity index (χ1) is 11.2. The van der Waals surface area contributed by atoms with Crippen molar-refractivity contribution >= 4 is 5.91 Å². The molecule has 2 aromatic heterocycles. The highest BCUT2D eigenvalue weighted by atomic mass is 16.5. The maximum Gasteiger partial charge on any atom is 0.224 e. The van der Waals surface area contributed by atoms with E-state index in [1.165, 1.54) is 0 Å². The van der Waals surface area contributed by atoms with Crippen LogP contribution < -0.4 is 0 Å². The Morgan fingerprint density at radius 1 is 1.48 bits per heavy atom. The lowest BCUT2D eigenvalue weighted by Crippen LogP contribution is -2.50. The number of ether oxygens (including phenoxy) is 1. The van der Waals surface area contributed by atoms with Crippen molar-refractivity contribution in [3.63, 3.8) is 0 Å². The molecule has 1 fully saturated rings. The molecule has 4 rings (SSSR count). The normalized spacial score (nSPS) is 23.4. The van der Waals surface area contributed by atoms with Crippen molar-refractivity contribution in [3.8, 4) is 0 Å². The fraction of sp³-hybridized carbons (Fsp3) is 0.600. The van der Waals surface area contributed by atoms with Crippen molar-refractivity contribution in [2.75, 3.05) is 13.1 Å². The van der Waals surface area contributed by atoms with Crippen molar-refractivity contribution < 1.29 is 9.53 Å². The maximum absolute atomic E-state index is 12.5. The summed E-state index contributed by atoms with van der Waals surface area (Å²) in [4.78, 5) is 14.4. The van der Waals surface area contributed by atoms with Gasteiger partial charge in [-0.05, 0) is 19.4 Å². The SMILES string of the molecule is Cc1ccn(CCC(=O)N2CC[C@H]3OCc4cnnn4[C@H]3C2)n1. The van der Waals surface area contributed by atoms with E-state index in [9.17, 15) is 4.79 Å². The Hall–Kier alpha value is -2.22. The maximum atomic E-state index is 12.5. The van der Waals surface area contributed by atoms with Crippen LogP contribution in [0.25, 0.3) is 0 Å². The Kier molecular flexibility index (Phi) is 3.60. The van der Waals surface area contributed by atoms with E-state index in [1.807, 2.05) is 33.5 Å². The van der Waals surface area contributed by atoms with Gasteiger partial charge in [-0.25, -0.2) is 4.68 Å². The molecular weight excluding hydrogens is 296 g/mol. The first-order valence-electron chi connectivity index (χ1n) is 7.99. The smallest absolute Gasteiger partial charge is 0.224 e. The molecule has 0 N–H and O–H groups in total. The highest BCUT2D eigenvalue weighted by Crippen LogP contribution is 2.30. The molecule has 0 unspecified atom stereocenters. The first-order valence-corrected chi connectivity index (χ1v) is 7.99. The second-order valence-corrected chi connectivity index (χ2v) is 6.19. The van der Waals surface area contributed by atoms with E-state index in [2.05, 4.69) is 15.4 Å². The van der Waals surface area contributed by atoms with E-state index in [1.54, 1.807) is 6.20 Å². The summed E-state index contributed by atoms with van der Waals surface area (Å²) in [6.07, 6.45) is 5.07. The Morgan fingerprint density at radius 3 is 3.22 bits per heavy atom. The number of aromatic nitrogens is 5. The van der Waals surface area contributed by atoms with Gasteiger partial charge < -0.3 is 9.64 Å². The minimum Gasteiger partial charge on any atom is -0.370 e. The summed E-state index contributed by atoms with van der Waals surface area (Å²) in [6.45, 7) is 4.49. The predicted molar refractivity (Wildman–Crippen MR) is 80.4 cm³/mol. The molecule has 23 heavy (non-hydrogen) atoms. The predicted octanol–water partition coefficient (Wildman–Crippen LogP) is 0.546. The number of aryl methyl sites for hydroxylation is 2. The number of piperidine rings is 1. The quantitative estimate of drug-likeness (QED) is 0.826. The second-order valence-electron chi connectivity index (χ2n) is 6.19. The number of carbonyl (C=O) groups excluding carboxylic acids is 1. The Bertz CT molecular complexity index is 708. The van der Waals surface area contributed by atoms with Crippen LogP contribution in [0.2, 0.25) is 0 Å². The van der Waals surface area contributed by atoms with Gasteiger partial charge in [0.1, 0.15) is 0 Å². The van der Waals surface area contributed by atoms with Gasteiger partial charge in [0.05, 0.1) is 36.3 Å². The number of rotatable bonds is 3. The molecule has 0 spiro atoms. The molecule has 4 heterocycles. The molecule has 0 aromatic carbocycles. The van der Waals surface area contributed by atoms with Crippen molar-refractivity contribution in [2.45, 2.75) is 45.1 Å². The van der Waals surface area contributed by atoms with Crippen LogP contribution >= 0.6 is 0 Å². The molecule has 8 heteroatoms. The molecule has 0 aliphatic carbocycles. The third-order valence-corrected chi connectivity index (χ3v) is 4.61. The average Bonchev–Trinajstić information content (AvgIpc) is 3.20. The lowest BCUT2D eigenvalue weighted by atomic mass is 10.00. The number of hydrogen-bond acceptors (Lipinski definition) is 5. The molecule has 0 saturated carbocycles. The van der Waals surface area contributed by atoms with Crippen LogP contribution in [-0.2, 0) is 22.7 Å². The van der Waals surface area contributed by atoms with Crippen LogP contribution in [0.4, 0.5) is 0 Å².